The van der Waals surface area contributed by atoms with Gasteiger partial charge in [0, 0.05) is 12.1 Å². The lowest BCUT2D eigenvalue weighted by Gasteiger charge is -2.18. The molecule has 1 atom stereocenters. The molecule has 0 spiro atoms. The lowest BCUT2D eigenvalue weighted by atomic mass is 10.1. The van der Waals surface area contributed by atoms with E-state index in [2.05, 4.69) is 56.6 Å². The zero-order chi connectivity index (χ0) is 13.7. The third-order valence-corrected chi connectivity index (χ3v) is 3.56. The van der Waals surface area contributed by atoms with E-state index in [0.717, 1.165) is 5.69 Å². The Morgan fingerprint density at radius 3 is 2.33 bits per heavy atom. The first kappa shape index (κ1) is 15.1. The molecule has 0 aromatic carbocycles. The van der Waals surface area contributed by atoms with Crippen molar-refractivity contribution in [2.75, 3.05) is 5.32 Å². The molecule has 1 unspecified atom stereocenters. The van der Waals surface area contributed by atoms with E-state index in [4.69, 9.17) is 0 Å². The number of aryl methyl sites for hydroxylation is 1. The van der Waals surface area contributed by atoms with Crippen LogP contribution >= 0.6 is 0 Å². The molecule has 0 aliphatic heterocycles. The zero-order valence-electron chi connectivity index (χ0n) is 12.9. The van der Waals surface area contributed by atoms with Crippen molar-refractivity contribution in [3.63, 3.8) is 0 Å². The van der Waals surface area contributed by atoms with Gasteiger partial charge in [0.05, 0.1) is 17.1 Å². The molecule has 0 bridgehead atoms. The van der Waals surface area contributed by atoms with Crippen LogP contribution in [0.3, 0.4) is 0 Å². The third-order valence-electron chi connectivity index (χ3n) is 3.56. The van der Waals surface area contributed by atoms with Gasteiger partial charge in [0.1, 0.15) is 0 Å². The smallest absolute Gasteiger partial charge is 0.0828 e. The second-order valence-electron chi connectivity index (χ2n) is 5.48. The van der Waals surface area contributed by atoms with Crippen LogP contribution in [-0.2, 0) is 0 Å². The average Bonchev–Trinajstić information content (AvgIpc) is 2.61. The minimum atomic E-state index is 0.426. The van der Waals surface area contributed by atoms with Crippen molar-refractivity contribution in [1.29, 1.82) is 0 Å². The minimum absolute atomic E-state index is 0.426. The molecule has 0 aliphatic rings. The molecule has 0 saturated heterocycles. The Morgan fingerprint density at radius 1 is 1.22 bits per heavy atom. The summed E-state index contributed by atoms with van der Waals surface area (Å²) >= 11 is 0. The summed E-state index contributed by atoms with van der Waals surface area (Å²) in [5.74, 6) is 0. The standard InChI is InChI=1S/C15H29N3/c1-7-9-10-14(8-2)16-15-12(5)17-18(11(3)4)13(15)6/h11,14,16H,7-10H2,1-6H3. The minimum Gasteiger partial charge on any atom is -0.379 e. The predicted octanol–water partition coefficient (Wildman–Crippen LogP) is 4.46. The molecule has 0 aliphatic carbocycles. The molecule has 104 valence electrons. The number of unbranched alkanes of at least 4 members (excludes halogenated alkanes) is 1. The number of nitrogens with zero attached hydrogens (tertiary/aromatic N) is 2. The Kier molecular flexibility index (Phi) is 5.70. The molecule has 0 amide bonds. The molecule has 3 heteroatoms. The largest absolute Gasteiger partial charge is 0.379 e. The lowest BCUT2D eigenvalue weighted by Crippen LogP contribution is -2.19. The van der Waals surface area contributed by atoms with Crippen LogP contribution in [-0.4, -0.2) is 15.8 Å². The molecule has 1 heterocycles. The van der Waals surface area contributed by atoms with Crippen molar-refractivity contribution in [1.82, 2.24) is 9.78 Å². The average molecular weight is 251 g/mol. The topological polar surface area (TPSA) is 29.9 Å². The quantitative estimate of drug-likeness (QED) is 0.775. The van der Waals surface area contributed by atoms with Crippen LogP contribution < -0.4 is 5.32 Å². The van der Waals surface area contributed by atoms with Gasteiger partial charge in [0.25, 0.3) is 0 Å². The summed E-state index contributed by atoms with van der Waals surface area (Å²) in [4.78, 5) is 0. The van der Waals surface area contributed by atoms with Crippen molar-refractivity contribution < 1.29 is 0 Å². The van der Waals surface area contributed by atoms with E-state index in [1.54, 1.807) is 0 Å². The summed E-state index contributed by atoms with van der Waals surface area (Å²) in [6.45, 7) is 13.1. The highest BCUT2D eigenvalue weighted by atomic mass is 15.3. The van der Waals surface area contributed by atoms with Gasteiger partial charge < -0.3 is 5.32 Å². The first-order valence-corrected chi connectivity index (χ1v) is 7.33. The van der Waals surface area contributed by atoms with Crippen LogP contribution in [0.5, 0.6) is 0 Å². The van der Waals surface area contributed by atoms with Gasteiger partial charge in [-0.25, -0.2) is 0 Å². The lowest BCUT2D eigenvalue weighted by molar-refractivity contribution is 0.516. The van der Waals surface area contributed by atoms with E-state index < -0.39 is 0 Å². The molecule has 1 aromatic rings. The van der Waals surface area contributed by atoms with Crippen LogP contribution in [0.4, 0.5) is 5.69 Å². The van der Waals surface area contributed by atoms with Crippen molar-refractivity contribution in [3.05, 3.63) is 11.4 Å². The summed E-state index contributed by atoms with van der Waals surface area (Å²) in [7, 11) is 0. The van der Waals surface area contributed by atoms with Gasteiger partial charge >= 0.3 is 0 Å². The summed E-state index contributed by atoms with van der Waals surface area (Å²) < 4.78 is 2.12. The molecule has 1 N–H and O–H groups in total. The molecular formula is C15H29N3. The summed E-state index contributed by atoms with van der Waals surface area (Å²) in [5, 5.41) is 8.32. The molecule has 0 radical (unpaired) electrons. The van der Waals surface area contributed by atoms with Gasteiger partial charge in [-0.05, 0) is 40.5 Å². The Balaban J connectivity index is 2.82. The van der Waals surface area contributed by atoms with Gasteiger partial charge in [-0.3, -0.25) is 4.68 Å². The van der Waals surface area contributed by atoms with Crippen LogP contribution in [0.25, 0.3) is 0 Å². The second-order valence-corrected chi connectivity index (χ2v) is 5.48. The SMILES string of the molecule is CCCCC(CC)Nc1c(C)nn(C(C)C)c1C. The third kappa shape index (κ3) is 3.50. The fraction of sp³-hybridized carbons (Fsp3) is 0.800. The van der Waals surface area contributed by atoms with E-state index in [-0.39, 0.29) is 0 Å². The van der Waals surface area contributed by atoms with Crippen LogP contribution in [0, 0.1) is 13.8 Å². The van der Waals surface area contributed by atoms with Crippen LogP contribution in [0.15, 0.2) is 0 Å². The van der Waals surface area contributed by atoms with Crippen molar-refractivity contribution in [2.45, 2.75) is 79.3 Å². The Hall–Kier alpha value is -0.990. The van der Waals surface area contributed by atoms with Crippen molar-refractivity contribution in [3.8, 4) is 0 Å². The maximum Gasteiger partial charge on any atom is 0.0828 e. The number of aromatic nitrogens is 2. The molecule has 1 aromatic heterocycles. The fourth-order valence-electron chi connectivity index (χ4n) is 2.41. The van der Waals surface area contributed by atoms with E-state index in [1.165, 1.54) is 37.1 Å². The maximum absolute atomic E-state index is 4.63. The normalized spacial score (nSPS) is 13.1. The molecule has 1 rings (SSSR count). The Morgan fingerprint density at radius 2 is 1.89 bits per heavy atom. The molecular weight excluding hydrogens is 222 g/mol. The van der Waals surface area contributed by atoms with E-state index >= 15 is 0 Å². The second kappa shape index (κ2) is 6.81. The number of nitrogens with one attached hydrogen (secondary N) is 1. The highest BCUT2D eigenvalue weighted by Crippen LogP contribution is 2.24. The van der Waals surface area contributed by atoms with Gasteiger partial charge in [-0.2, -0.15) is 5.10 Å². The number of hydrogen-bond acceptors (Lipinski definition) is 2. The summed E-state index contributed by atoms with van der Waals surface area (Å²) in [6, 6.07) is 1.00. The number of hydrogen-bond donors (Lipinski definition) is 1. The van der Waals surface area contributed by atoms with Gasteiger partial charge in [-0.1, -0.05) is 26.7 Å². The molecule has 3 nitrogen and oxygen atoms in total. The molecule has 0 fully saturated rings. The first-order chi connectivity index (χ1) is 8.51. The van der Waals surface area contributed by atoms with Gasteiger partial charge in [-0.15, -0.1) is 0 Å². The van der Waals surface area contributed by atoms with Crippen LogP contribution in [0.2, 0.25) is 0 Å². The monoisotopic (exact) mass is 251 g/mol. The predicted molar refractivity (Wildman–Crippen MR) is 79.3 cm³/mol. The van der Waals surface area contributed by atoms with Crippen molar-refractivity contribution in [2.24, 2.45) is 0 Å². The highest BCUT2D eigenvalue weighted by molar-refractivity contribution is 5.52. The molecule has 18 heavy (non-hydrogen) atoms. The molecule has 0 saturated carbocycles. The fourth-order valence-corrected chi connectivity index (χ4v) is 2.41. The van der Waals surface area contributed by atoms with E-state index in [0.29, 0.717) is 12.1 Å². The first-order valence-electron chi connectivity index (χ1n) is 7.33. The van der Waals surface area contributed by atoms with Gasteiger partial charge in [0.15, 0.2) is 0 Å². The van der Waals surface area contributed by atoms with E-state index in [9.17, 15) is 0 Å². The zero-order valence-corrected chi connectivity index (χ0v) is 12.9. The maximum atomic E-state index is 4.63. The van der Waals surface area contributed by atoms with Crippen LogP contribution in [0.1, 0.15) is 70.8 Å². The Labute approximate surface area is 112 Å². The highest BCUT2D eigenvalue weighted by Gasteiger charge is 2.15. The summed E-state index contributed by atoms with van der Waals surface area (Å²) in [5.41, 5.74) is 3.63. The number of rotatable bonds is 7. The van der Waals surface area contributed by atoms with Gasteiger partial charge in [0.2, 0.25) is 0 Å². The number of anilines is 1. The summed E-state index contributed by atoms with van der Waals surface area (Å²) in [6.07, 6.45) is 4.98. The Bertz CT molecular complexity index is 366. The van der Waals surface area contributed by atoms with E-state index in [1.807, 2.05) is 0 Å². The van der Waals surface area contributed by atoms with Crippen molar-refractivity contribution >= 4 is 5.69 Å².